The molecule has 0 radical (unpaired) electrons. The highest BCUT2D eigenvalue weighted by Gasteiger charge is 2.10. The Morgan fingerprint density at radius 3 is 2.47 bits per heavy atom. The Labute approximate surface area is 196 Å². The average molecular weight is 526 g/mol. The van der Waals surface area contributed by atoms with E-state index in [0.29, 0.717) is 13.1 Å². The summed E-state index contributed by atoms with van der Waals surface area (Å²) >= 11 is 0. The van der Waals surface area contributed by atoms with E-state index in [2.05, 4.69) is 44.8 Å². The summed E-state index contributed by atoms with van der Waals surface area (Å²) in [5.41, 5.74) is 3.47. The summed E-state index contributed by atoms with van der Waals surface area (Å²) in [7, 11) is 0. The van der Waals surface area contributed by atoms with Gasteiger partial charge in [-0.05, 0) is 42.2 Å². The van der Waals surface area contributed by atoms with Crippen molar-refractivity contribution in [1.29, 1.82) is 0 Å². The summed E-state index contributed by atoms with van der Waals surface area (Å²) in [4.78, 5) is 7.09. The summed E-state index contributed by atoms with van der Waals surface area (Å²) in [6.45, 7) is 8.78. The van der Waals surface area contributed by atoms with E-state index < -0.39 is 0 Å². The summed E-state index contributed by atoms with van der Waals surface area (Å²) in [5, 5.41) is 6.58. The van der Waals surface area contributed by atoms with E-state index in [-0.39, 0.29) is 29.8 Å². The van der Waals surface area contributed by atoms with Crippen molar-refractivity contribution < 1.29 is 9.13 Å². The van der Waals surface area contributed by atoms with Crippen molar-refractivity contribution >= 4 is 29.9 Å². The third-order valence-electron chi connectivity index (χ3n) is 4.89. The minimum atomic E-state index is -0.194. The fraction of sp³-hybridized carbons (Fsp3) is 0.435. The van der Waals surface area contributed by atoms with Gasteiger partial charge in [0.15, 0.2) is 5.96 Å². The highest BCUT2D eigenvalue weighted by atomic mass is 127. The number of aliphatic imine (C=N–C) groups is 1. The molecule has 1 heterocycles. The number of ether oxygens (including phenoxy) is 1. The lowest BCUT2D eigenvalue weighted by Crippen LogP contribution is -2.38. The topological polar surface area (TPSA) is 48.9 Å². The second kappa shape index (κ2) is 13.6. The Bertz CT molecular complexity index is 779. The number of guanidine groups is 1. The highest BCUT2D eigenvalue weighted by Crippen LogP contribution is 2.10. The summed E-state index contributed by atoms with van der Waals surface area (Å²) < 4.78 is 18.7. The molecule has 7 heteroatoms. The molecule has 1 saturated heterocycles. The first-order valence-electron chi connectivity index (χ1n) is 10.4. The van der Waals surface area contributed by atoms with E-state index in [1.54, 1.807) is 12.1 Å². The molecule has 30 heavy (non-hydrogen) atoms. The molecular weight excluding hydrogens is 494 g/mol. The molecule has 0 aliphatic carbocycles. The smallest absolute Gasteiger partial charge is 0.191 e. The van der Waals surface area contributed by atoms with E-state index in [1.807, 2.05) is 13.0 Å². The van der Waals surface area contributed by atoms with Crippen molar-refractivity contribution in [1.82, 2.24) is 15.5 Å². The zero-order valence-electron chi connectivity index (χ0n) is 17.6. The van der Waals surface area contributed by atoms with Crippen LogP contribution in [-0.2, 0) is 24.2 Å². The van der Waals surface area contributed by atoms with Crippen LogP contribution in [0.15, 0.2) is 53.5 Å². The number of nitrogens with zero attached hydrogens (tertiary/aromatic N) is 2. The maximum Gasteiger partial charge on any atom is 0.191 e. The van der Waals surface area contributed by atoms with E-state index in [9.17, 15) is 4.39 Å². The molecule has 2 aromatic carbocycles. The summed E-state index contributed by atoms with van der Waals surface area (Å²) in [6.07, 6.45) is 0.748. The lowest BCUT2D eigenvalue weighted by molar-refractivity contribution is 0.0342. The van der Waals surface area contributed by atoms with Crippen LogP contribution in [0.2, 0.25) is 0 Å². The molecule has 0 bridgehead atoms. The van der Waals surface area contributed by atoms with Crippen molar-refractivity contribution in [3.63, 3.8) is 0 Å². The van der Waals surface area contributed by atoms with Crippen LogP contribution >= 0.6 is 24.0 Å². The monoisotopic (exact) mass is 526 g/mol. The maximum absolute atomic E-state index is 13.3. The van der Waals surface area contributed by atoms with Crippen LogP contribution in [0.5, 0.6) is 0 Å². The Morgan fingerprint density at radius 1 is 1.03 bits per heavy atom. The molecule has 2 N–H and O–H groups in total. The number of halogens is 2. The number of morpholine rings is 1. The lowest BCUT2D eigenvalue weighted by Gasteiger charge is -2.26. The largest absolute Gasteiger partial charge is 0.379 e. The van der Waals surface area contributed by atoms with Crippen LogP contribution in [0.4, 0.5) is 4.39 Å². The third kappa shape index (κ3) is 8.57. The first-order valence-corrected chi connectivity index (χ1v) is 10.4. The van der Waals surface area contributed by atoms with E-state index in [1.165, 1.54) is 17.2 Å². The van der Waals surface area contributed by atoms with Gasteiger partial charge >= 0.3 is 0 Å². The van der Waals surface area contributed by atoms with Crippen LogP contribution in [0.1, 0.15) is 23.6 Å². The number of hydrogen-bond acceptors (Lipinski definition) is 3. The lowest BCUT2D eigenvalue weighted by atomic mass is 10.1. The van der Waals surface area contributed by atoms with Gasteiger partial charge in [-0.15, -0.1) is 24.0 Å². The van der Waals surface area contributed by atoms with Crippen molar-refractivity contribution in [2.24, 2.45) is 4.99 Å². The van der Waals surface area contributed by atoms with Crippen LogP contribution in [-0.4, -0.2) is 50.3 Å². The Morgan fingerprint density at radius 2 is 1.77 bits per heavy atom. The minimum Gasteiger partial charge on any atom is -0.379 e. The third-order valence-corrected chi connectivity index (χ3v) is 4.89. The maximum atomic E-state index is 13.3. The fourth-order valence-corrected chi connectivity index (χ4v) is 3.30. The molecule has 0 spiro atoms. The molecule has 1 aliphatic heterocycles. The number of hydrogen-bond donors (Lipinski definition) is 2. The van der Waals surface area contributed by atoms with Crippen LogP contribution < -0.4 is 10.6 Å². The van der Waals surface area contributed by atoms with Gasteiger partial charge in [0.1, 0.15) is 5.82 Å². The predicted octanol–water partition coefficient (Wildman–Crippen LogP) is 3.57. The molecule has 2 aromatic rings. The van der Waals surface area contributed by atoms with Crippen molar-refractivity contribution in [2.75, 3.05) is 39.4 Å². The average Bonchev–Trinajstić information content (AvgIpc) is 2.74. The molecule has 3 rings (SSSR count). The quantitative estimate of drug-likeness (QED) is 0.314. The minimum absolute atomic E-state index is 0. The predicted molar refractivity (Wildman–Crippen MR) is 131 cm³/mol. The molecule has 0 aromatic heterocycles. The fourth-order valence-electron chi connectivity index (χ4n) is 3.30. The van der Waals surface area contributed by atoms with Crippen molar-refractivity contribution in [2.45, 2.75) is 26.4 Å². The van der Waals surface area contributed by atoms with Gasteiger partial charge in [0, 0.05) is 32.7 Å². The Balaban J connectivity index is 0.00000320. The molecular formula is C23H32FIN4O. The van der Waals surface area contributed by atoms with E-state index in [0.717, 1.165) is 57.3 Å². The Kier molecular flexibility index (Phi) is 11.1. The molecule has 5 nitrogen and oxygen atoms in total. The van der Waals surface area contributed by atoms with Gasteiger partial charge in [-0.2, -0.15) is 0 Å². The SMILES string of the molecule is CCNC(=NCc1ccc(CN2CCOCC2)cc1)NCCc1cccc(F)c1.I. The van der Waals surface area contributed by atoms with Gasteiger partial charge < -0.3 is 15.4 Å². The zero-order chi connectivity index (χ0) is 20.3. The molecule has 0 amide bonds. The van der Waals surface area contributed by atoms with E-state index in [4.69, 9.17) is 4.74 Å². The molecule has 0 unspecified atom stereocenters. The van der Waals surface area contributed by atoms with E-state index >= 15 is 0 Å². The van der Waals surface area contributed by atoms with Gasteiger partial charge in [0.05, 0.1) is 19.8 Å². The normalized spacial score (nSPS) is 14.8. The zero-order valence-corrected chi connectivity index (χ0v) is 19.9. The van der Waals surface area contributed by atoms with Gasteiger partial charge in [0.25, 0.3) is 0 Å². The molecule has 1 fully saturated rings. The van der Waals surface area contributed by atoms with Crippen LogP contribution in [0, 0.1) is 5.82 Å². The van der Waals surface area contributed by atoms with Gasteiger partial charge in [0.2, 0.25) is 0 Å². The Hall–Kier alpha value is -1.71. The number of nitrogens with one attached hydrogen (secondary N) is 2. The molecule has 1 aliphatic rings. The highest BCUT2D eigenvalue weighted by molar-refractivity contribution is 14.0. The second-order valence-corrected chi connectivity index (χ2v) is 7.21. The first kappa shape index (κ1) is 24.6. The van der Waals surface area contributed by atoms with Gasteiger partial charge in [-0.1, -0.05) is 36.4 Å². The van der Waals surface area contributed by atoms with Crippen LogP contribution in [0.3, 0.4) is 0 Å². The van der Waals surface area contributed by atoms with Crippen molar-refractivity contribution in [3.8, 4) is 0 Å². The molecule has 0 saturated carbocycles. The summed E-state index contributed by atoms with van der Waals surface area (Å²) in [5.74, 6) is 0.585. The van der Waals surface area contributed by atoms with Gasteiger partial charge in [-0.25, -0.2) is 9.38 Å². The molecule has 164 valence electrons. The number of benzene rings is 2. The standard InChI is InChI=1S/C23H31FN4O.HI/c1-2-25-23(26-11-10-19-4-3-5-22(24)16-19)27-17-20-6-8-21(9-7-20)18-28-12-14-29-15-13-28;/h3-9,16H,2,10-15,17-18H2,1H3,(H2,25,26,27);1H. The van der Waals surface area contributed by atoms with Gasteiger partial charge in [-0.3, -0.25) is 4.90 Å². The molecule has 0 atom stereocenters. The number of rotatable bonds is 8. The van der Waals surface area contributed by atoms with Crippen LogP contribution in [0.25, 0.3) is 0 Å². The second-order valence-electron chi connectivity index (χ2n) is 7.21. The first-order chi connectivity index (χ1) is 14.2. The summed E-state index contributed by atoms with van der Waals surface area (Å²) in [6, 6.07) is 15.4. The van der Waals surface area contributed by atoms with Crippen molar-refractivity contribution in [3.05, 3.63) is 71.0 Å².